The van der Waals surface area contributed by atoms with Crippen LogP contribution in [0.3, 0.4) is 0 Å². The zero-order valence-corrected chi connectivity index (χ0v) is 11.6. The summed E-state index contributed by atoms with van der Waals surface area (Å²) in [5, 5.41) is 3.13. The van der Waals surface area contributed by atoms with Gasteiger partial charge in [0.2, 0.25) is 16.8 Å². The molecule has 1 aliphatic heterocycles. The molecule has 0 spiro atoms. The molecule has 1 aliphatic rings. The second-order valence-corrected chi connectivity index (χ2v) is 5.93. The summed E-state index contributed by atoms with van der Waals surface area (Å²) >= 11 is 0. The van der Waals surface area contributed by atoms with Crippen molar-refractivity contribution in [2.45, 2.75) is 18.2 Å². The molecule has 0 unspecified atom stereocenters. The number of sulfonamides is 1. The van der Waals surface area contributed by atoms with Crippen LogP contribution in [0.2, 0.25) is 0 Å². The van der Waals surface area contributed by atoms with Gasteiger partial charge in [-0.1, -0.05) is 6.92 Å². The van der Waals surface area contributed by atoms with Gasteiger partial charge in [-0.15, -0.1) is 0 Å². The molecule has 2 rings (SSSR count). The predicted octanol–water partition coefficient (Wildman–Crippen LogP) is 0.693. The number of benzene rings is 1. The number of fused-ring (bicyclic) bond motifs is 1. The highest BCUT2D eigenvalue weighted by Crippen LogP contribution is 2.33. The molecule has 0 saturated heterocycles. The van der Waals surface area contributed by atoms with Crippen molar-refractivity contribution in [1.29, 1.82) is 0 Å². The molecule has 1 aromatic rings. The average molecular weight is 286 g/mol. The van der Waals surface area contributed by atoms with Crippen LogP contribution in [0, 0.1) is 0 Å². The van der Waals surface area contributed by atoms with E-state index in [1.54, 1.807) is 6.07 Å². The van der Waals surface area contributed by atoms with Gasteiger partial charge in [0.1, 0.15) is 0 Å². The molecule has 2 N–H and O–H groups in total. The number of hydrogen-bond acceptors (Lipinski definition) is 5. The SMILES string of the molecule is CCCNCCNS(=O)(=O)c1ccc2c(c1)OCO2. The van der Waals surface area contributed by atoms with Gasteiger partial charge in [-0.2, -0.15) is 0 Å². The summed E-state index contributed by atoms with van der Waals surface area (Å²) in [7, 11) is -3.49. The maximum Gasteiger partial charge on any atom is 0.240 e. The number of nitrogens with one attached hydrogen (secondary N) is 2. The van der Waals surface area contributed by atoms with Crippen LogP contribution in [-0.4, -0.2) is 34.8 Å². The second kappa shape index (κ2) is 6.23. The molecule has 1 heterocycles. The third-order valence-corrected chi connectivity index (χ3v) is 4.13. The summed E-state index contributed by atoms with van der Waals surface area (Å²) < 4.78 is 36.9. The molecule has 1 aromatic carbocycles. The van der Waals surface area contributed by atoms with Crippen LogP contribution in [0.5, 0.6) is 11.5 Å². The summed E-state index contributed by atoms with van der Waals surface area (Å²) in [6.45, 7) is 4.04. The van der Waals surface area contributed by atoms with E-state index in [2.05, 4.69) is 17.0 Å². The smallest absolute Gasteiger partial charge is 0.240 e. The van der Waals surface area contributed by atoms with Crippen molar-refractivity contribution in [2.75, 3.05) is 26.4 Å². The highest BCUT2D eigenvalue weighted by Gasteiger charge is 2.19. The van der Waals surface area contributed by atoms with E-state index >= 15 is 0 Å². The minimum Gasteiger partial charge on any atom is -0.454 e. The summed E-state index contributed by atoms with van der Waals surface area (Å²) in [6.07, 6.45) is 1.02. The maximum absolute atomic E-state index is 12.0. The third-order valence-electron chi connectivity index (χ3n) is 2.67. The van der Waals surface area contributed by atoms with E-state index < -0.39 is 10.0 Å². The van der Waals surface area contributed by atoms with Crippen molar-refractivity contribution in [2.24, 2.45) is 0 Å². The van der Waals surface area contributed by atoms with Crippen LogP contribution in [0.4, 0.5) is 0 Å². The van der Waals surface area contributed by atoms with Crippen LogP contribution >= 0.6 is 0 Å². The van der Waals surface area contributed by atoms with Gasteiger partial charge in [-0.3, -0.25) is 0 Å². The van der Waals surface area contributed by atoms with Gasteiger partial charge in [0.25, 0.3) is 0 Å². The number of hydrogen-bond donors (Lipinski definition) is 2. The summed E-state index contributed by atoms with van der Waals surface area (Å²) in [5.74, 6) is 1.04. The van der Waals surface area contributed by atoms with Gasteiger partial charge in [0, 0.05) is 19.2 Å². The summed E-state index contributed by atoms with van der Waals surface area (Å²) in [5.41, 5.74) is 0. The van der Waals surface area contributed by atoms with Crippen LogP contribution < -0.4 is 19.5 Å². The van der Waals surface area contributed by atoms with Crippen molar-refractivity contribution in [3.63, 3.8) is 0 Å². The fraction of sp³-hybridized carbons (Fsp3) is 0.500. The van der Waals surface area contributed by atoms with Gasteiger partial charge < -0.3 is 14.8 Å². The van der Waals surface area contributed by atoms with Crippen molar-refractivity contribution in [3.8, 4) is 11.5 Å². The minimum atomic E-state index is -3.49. The molecule has 6 nitrogen and oxygen atoms in total. The van der Waals surface area contributed by atoms with Crippen LogP contribution in [0.25, 0.3) is 0 Å². The zero-order valence-electron chi connectivity index (χ0n) is 10.8. The van der Waals surface area contributed by atoms with Gasteiger partial charge in [-0.25, -0.2) is 13.1 Å². The first-order valence-electron chi connectivity index (χ1n) is 6.23. The van der Waals surface area contributed by atoms with Crippen LogP contribution in [0.1, 0.15) is 13.3 Å². The van der Waals surface area contributed by atoms with Gasteiger partial charge >= 0.3 is 0 Å². The fourth-order valence-electron chi connectivity index (χ4n) is 1.70. The van der Waals surface area contributed by atoms with E-state index in [1.807, 2.05) is 0 Å². The van der Waals surface area contributed by atoms with Crippen LogP contribution in [-0.2, 0) is 10.0 Å². The minimum absolute atomic E-state index is 0.132. The normalized spacial score (nSPS) is 13.7. The lowest BCUT2D eigenvalue weighted by Gasteiger charge is -2.08. The Labute approximate surface area is 113 Å². The molecule has 106 valence electrons. The maximum atomic E-state index is 12.0. The van der Waals surface area contributed by atoms with Crippen molar-refractivity contribution >= 4 is 10.0 Å². The first-order chi connectivity index (χ1) is 9.13. The Morgan fingerprint density at radius 2 is 1.95 bits per heavy atom. The average Bonchev–Trinajstić information content (AvgIpc) is 2.85. The molecule has 0 amide bonds. The molecule has 19 heavy (non-hydrogen) atoms. The summed E-state index contributed by atoms with van der Waals surface area (Å²) in [4.78, 5) is 0.187. The largest absolute Gasteiger partial charge is 0.454 e. The lowest BCUT2D eigenvalue weighted by atomic mass is 10.3. The monoisotopic (exact) mass is 286 g/mol. The van der Waals surface area contributed by atoms with E-state index in [0.29, 0.717) is 24.6 Å². The predicted molar refractivity (Wildman–Crippen MR) is 70.9 cm³/mol. The Hall–Kier alpha value is -1.31. The van der Waals surface area contributed by atoms with E-state index in [4.69, 9.17) is 9.47 Å². The standard InChI is InChI=1S/C12H18N2O4S/c1-2-5-13-6-7-14-19(15,16)10-3-4-11-12(8-10)18-9-17-11/h3-4,8,13-14H,2,5-7,9H2,1H3. The molecule has 0 aliphatic carbocycles. The Morgan fingerprint density at radius 1 is 1.16 bits per heavy atom. The molecular formula is C12H18N2O4S. The number of ether oxygens (including phenoxy) is 2. The molecule has 7 heteroatoms. The van der Waals surface area contributed by atoms with E-state index in [-0.39, 0.29) is 11.7 Å². The first-order valence-corrected chi connectivity index (χ1v) is 7.72. The van der Waals surface area contributed by atoms with Gasteiger partial charge in [-0.05, 0) is 25.1 Å². The van der Waals surface area contributed by atoms with Gasteiger partial charge in [0.15, 0.2) is 11.5 Å². The molecule has 0 saturated carbocycles. The quantitative estimate of drug-likeness (QED) is 0.721. The lowest BCUT2D eigenvalue weighted by Crippen LogP contribution is -2.32. The number of rotatable bonds is 7. The Balaban J connectivity index is 1.95. The third kappa shape index (κ3) is 3.59. The molecule has 0 bridgehead atoms. The van der Waals surface area contributed by atoms with E-state index in [0.717, 1.165) is 13.0 Å². The van der Waals surface area contributed by atoms with Crippen molar-refractivity contribution < 1.29 is 17.9 Å². The van der Waals surface area contributed by atoms with Gasteiger partial charge in [0.05, 0.1) is 4.90 Å². The van der Waals surface area contributed by atoms with E-state index in [1.165, 1.54) is 12.1 Å². The Morgan fingerprint density at radius 3 is 2.74 bits per heavy atom. The molecule has 0 aromatic heterocycles. The van der Waals surface area contributed by atoms with Crippen molar-refractivity contribution in [3.05, 3.63) is 18.2 Å². The Kier molecular flexibility index (Phi) is 4.62. The molecular weight excluding hydrogens is 268 g/mol. The summed E-state index contributed by atoms with van der Waals surface area (Å²) in [6, 6.07) is 4.59. The highest BCUT2D eigenvalue weighted by atomic mass is 32.2. The second-order valence-electron chi connectivity index (χ2n) is 4.16. The zero-order chi connectivity index (χ0) is 13.7. The van der Waals surface area contributed by atoms with Crippen LogP contribution in [0.15, 0.2) is 23.1 Å². The van der Waals surface area contributed by atoms with E-state index in [9.17, 15) is 8.42 Å². The fourth-order valence-corrected chi connectivity index (χ4v) is 2.75. The molecule has 0 radical (unpaired) electrons. The lowest BCUT2D eigenvalue weighted by molar-refractivity contribution is 0.174. The first kappa shape index (κ1) is 14.1. The van der Waals surface area contributed by atoms with Crippen molar-refractivity contribution in [1.82, 2.24) is 10.0 Å². The topological polar surface area (TPSA) is 76.7 Å². The Bertz CT molecular complexity index is 531. The highest BCUT2D eigenvalue weighted by molar-refractivity contribution is 7.89. The molecule has 0 fully saturated rings. The molecule has 0 atom stereocenters.